The Morgan fingerprint density at radius 2 is 1.79 bits per heavy atom. The van der Waals surface area contributed by atoms with E-state index in [1.165, 1.54) is 5.56 Å². The van der Waals surface area contributed by atoms with Crippen LogP contribution in [0.4, 0.5) is 0 Å². The number of para-hydroxylation sites is 1. The Kier molecular flexibility index (Phi) is 4.77. The lowest BCUT2D eigenvalue weighted by atomic mass is 9.95. The molecule has 0 spiro atoms. The molecular formula is C23H23NO4. The van der Waals surface area contributed by atoms with Crippen LogP contribution in [0, 0.1) is 0 Å². The summed E-state index contributed by atoms with van der Waals surface area (Å²) < 4.78 is 11.1. The molecule has 0 N–H and O–H groups in total. The summed E-state index contributed by atoms with van der Waals surface area (Å²) in [6, 6.07) is 14.7. The van der Waals surface area contributed by atoms with Crippen LogP contribution in [0.2, 0.25) is 0 Å². The fourth-order valence-corrected chi connectivity index (χ4v) is 3.80. The van der Waals surface area contributed by atoms with Crippen LogP contribution < -0.4 is 5.43 Å². The van der Waals surface area contributed by atoms with E-state index in [9.17, 15) is 9.59 Å². The number of hydrogen-bond acceptors (Lipinski definition) is 4. The van der Waals surface area contributed by atoms with Gasteiger partial charge in [0.2, 0.25) is 5.76 Å². The summed E-state index contributed by atoms with van der Waals surface area (Å²) in [5, 5.41) is 0.492. The Bertz CT molecular complexity index is 1080. The second kappa shape index (κ2) is 7.24. The van der Waals surface area contributed by atoms with Crippen molar-refractivity contribution in [3.05, 3.63) is 81.2 Å². The molecule has 3 aromatic rings. The first-order valence-corrected chi connectivity index (χ1v) is 9.48. The van der Waals surface area contributed by atoms with Crippen molar-refractivity contribution in [1.29, 1.82) is 0 Å². The summed E-state index contributed by atoms with van der Waals surface area (Å²) in [5.74, 6) is 0.274. The largest absolute Gasteiger partial charge is 0.450 e. The molecule has 5 heteroatoms. The van der Waals surface area contributed by atoms with Crippen molar-refractivity contribution in [2.45, 2.75) is 25.8 Å². The molecule has 0 fully saturated rings. The predicted molar refractivity (Wildman–Crippen MR) is 108 cm³/mol. The van der Waals surface area contributed by atoms with Gasteiger partial charge in [0.15, 0.2) is 5.43 Å². The molecule has 0 saturated carbocycles. The monoisotopic (exact) mass is 377 g/mol. The SMILES string of the molecule is COCCN1C(=O)c2oc3ccccc3c(=O)c2[C@H]1c1ccc(C(C)C)cc1. The summed E-state index contributed by atoms with van der Waals surface area (Å²) >= 11 is 0. The van der Waals surface area contributed by atoms with Gasteiger partial charge >= 0.3 is 0 Å². The van der Waals surface area contributed by atoms with Gasteiger partial charge in [-0.2, -0.15) is 0 Å². The lowest BCUT2D eigenvalue weighted by Gasteiger charge is -2.25. The number of benzene rings is 2. The molecule has 0 aliphatic carbocycles. The smallest absolute Gasteiger partial charge is 0.290 e. The lowest BCUT2D eigenvalue weighted by molar-refractivity contribution is 0.0663. The third-order valence-corrected chi connectivity index (χ3v) is 5.33. The van der Waals surface area contributed by atoms with Crippen LogP contribution in [0.15, 0.2) is 57.7 Å². The van der Waals surface area contributed by atoms with Crippen LogP contribution in [0.5, 0.6) is 0 Å². The zero-order valence-corrected chi connectivity index (χ0v) is 16.3. The fraction of sp³-hybridized carbons (Fsp3) is 0.304. The number of amides is 1. The topological polar surface area (TPSA) is 59.8 Å². The van der Waals surface area contributed by atoms with Gasteiger partial charge in [0.25, 0.3) is 5.91 Å². The number of ether oxygens (including phenoxy) is 1. The summed E-state index contributed by atoms with van der Waals surface area (Å²) in [7, 11) is 1.60. The van der Waals surface area contributed by atoms with Gasteiger partial charge in [0.05, 0.1) is 23.6 Å². The van der Waals surface area contributed by atoms with E-state index >= 15 is 0 Å². The van der Waals surface area contributed by atoms with Gasteiger partial charge in [-0.05, 0) is 29.2 Å². The van der Waals surface area contributed by atoms with Crippen molar-refractivity contribution in [2.24, 2.45) is 0 Å². The maximum atomic E-state index is 13.3. The van der Waals surface area contributed by atoms with Crippen molar-refractivity contribution in [1.82, 2.24) is 4.90 Å². The zero-order chi connectivity index (χ0) is 19.8. The number of nitrogens with zero attached hydrogens (tertiary/aromatic N) is 1. The summed E-state index contributed by atoms with van der Waals surface area (Å²) in [6.45, 7) is 5.03. The van der Waals surface area contributed by atoms with E-state index in [1.54, 1.807) is 36.3 Å². The molecule has 1 aliphatic rings. The zero-order valence-electron chi connectivity index (χ0n) is 16.3. The number of rotatable bonds is 5. The minimum absolute atomic E-state index is 0.137. The molecule has 0 bridgehead atoms. The Morgan fingerprint density at radius 1 is 1.07 bits per heavy atom. The first kappa shape index (κ1) is 18.4. The van der Waals surface area contributed by atoms with Crippen LogP contribution in [0.3, 0.4) is 0 Å². The average Bonchev–Trinajstić information content (AvgIpc) is 2.99. The molecule has 5 nitrogen and oxygen atoms in total. The quantitative estimate of drug-likeness (QED) is 0.671. The highest BCUT2D eigenvalue weighted by Crippen LogP contribution is 2.38. The minimum atomic E-state index is -0.472. The summed E-state index contributed by atoms with van der Waals surface area (Å²) in [4.78, 5) is 28.0. The summed E-state index contributed by atoms with van der Waals surface area (Å²) in [5.41, 5.74) is 2.81. The number of hydrogen-bond donors (Lipinski definition) is 0. The van der Waals surface area contributed by atoms with Crippen LogP contribution in [-0.4, -0.2) is 31.1 Å². The molecule has 1 atom stereocenters. The van der Waals surface area contributed by atoms with Crippen molar-refractivity contribution in [3.8, 4) is 0 Å². The maximum Gasteiger partial charge on any atom is 0.290 e. The molecule has 0 saturated heterocycles. The van der Waals surface area contributed by atoms with Crippen LogP contribution >= 0.6 is 0 Å². The van der Waals surface area contributed by atoms with Crippen LogP contribution in [-0.2, 0) is 4.74 Å². The van der Waals surface area contributed by atoms with Crippen molar-refractivity contribution < 1.29 is 13.9 Å². The minimum Gasteiger partial charge on any atom is -0.450 e. The highest BCUT2D eigenvalue weighted by atomic mass is 16.5. The Hall–Kier alpha value is -2.92. The van der Waals surface area contributed by atoms with Gasteiger partial charge in [0, 0.05) is 13.7 Å². The highest BCUT2D eigenvalue weighted by Gasteiger charge is 2.42. The number of methoxy groups -OCH3 is 1. The standard InChI is InChI=1S/C23H23NO4/c1-14(2)15-8-10-16(11-9-15)20-19-21(25)17-6-4-5-7-18(17)28-22(19)23(26)24(20)12-13-27-3/h4-11,14,20H,12-13H2,1-3H3/t20-/m1/s1. The Labute approximate surface area is 163 Å². The highest BCUT2D eigenvalue weighted by molar-refractivity contribution is 5.99. The van der Waals surface area contributed by atoms with Crippen molar-refractivity contribution in [2.75, 3.05) is 20.3 Å². The average molecular weight is 377 g/mol. The van der Waals surface area contributed by atoms with Gasteiger partial charge in [-0.3, -0.25) is 9.59 Å². The molecule has 1 aliphatic heterocycles. The molecule has 144 valence electrons. The molecule has 28 heavy (non-hydrogen) atoms. The predicted octanol–water partition coefficient (Wildman–Crippen LogP) is 4.11. The molecule has 2 aromatic carbocycles. The Morgan fingerprint density at radius 3 is 2.46 bits per heavy atom. The first-order valence-electron chi connectivity index (χ1n) is 9.48. The van der Waals surface area contributed by atoms with E-state index in [-0.39, 0.29) is 17.1 Å². The third kappa shape index (κ3) is 2.92. The van der Waals surface area contributed by atoms with Crippen molar-refractivity contribution >= 4 is 16.9 Å². The van der Waals surface area contributed by atoms with Crippen molar-refractivity contribution in [3.63, 3.8) is 0 Å². The molecule has 4 rings (SSSR count). The molecule has 2 heterocycles. The van der Waals surface area contributed by atoms with Gasteiger partial charge in [-0.1, -0.05) is 50.2 Å². The first-order chi connectivity index (χ1) is 13.5. The molecular weight excluding hydrogens is 354 g/mol. The molecule has 1 aromatic heterocycles. The van der Waals surface area contributed by atoms with Gasteiger partial charge < -0.3 is 14.1 Å². The second-order valence-corrected chi connectivity index (χ2v) is 7.39. The normalized spacial score (nSPS) is 16.2. The van der Waals surface area contributed by atoms with Crippen LogP contribution in [0.1, 0.15) is 53.1 Å². The van der Waals surface area contributed by atoms with E-state index in [4.69, 9.17) is 9.15 Å². The van der Waals surface area contributed by atoms with Gasteiger partial charge in [0.1, 0.15) is 5.58 Å². The maximum absolute atomic E-state index is 13.3. The number of carbonyl (C=O) groups is 1. The van der Waals surface area contributed by atoms with E-state index < -0.39 is 6.04 Å². The van der Waals surface area contributed by atoms with E-state index in [2.05, 4.69) is 26.0 Å². The Balaban J connectivity index is 1.91. The van der Waals surface area contributed by atoms with Crippen LogP contribution in [0.25, 0.3) is 11.0 Å². The molecule has 1 amide bonds. The summed E-state index contributed by atoms with van der Waals surface area (Å²) in [6.07, 6.45) is 0. The van der Waals surface area contributed by atoms with E-state index in [1.807, 2.05) is 12.1 Å². The number of carbonyl (C=O) groups excluding carboxylic acids is 1. The van der Waals surface area contributed by atoms with Gasteiger partial charge in [-0.15, -0.1) is 0 Å². The lowest BCUT2D eigenvalue weighted by Crippen LogP contribution is -2.32. The number of fused-ring (bicyclic) bond motifs is 2. The third-order valence-electron chi connectivity index (χ3n) is 5.33. The van der Waals surface area contributed by atoms with E-state index in [0.717, 1.165) is 5.56 Å². The fourth-order valence-electron chi connectivity index (χ4n) is 3.80. The molecule has 0 radical (unpaired) electrons. The second-order valence-electron chi connectivity index (χ2n) is 7.39. The molecule has 0 unspecified atom stereocenters. The van der Waals surface area contributed by atoms with E-state index in [0.29, 0.717) is 35.6 Å². The van der Waals surface area contributed by atoms with Gasteiger partial charge in [-0.25, -0.2) is 0 Å².